The second-order valence-corrected chi connectivity index (χ2v) is 8.44. The molecule has 16 heteroatoms. The molecule has 0 aliphatic carbocycles. The van der Waals surface area contributed by atoms with Gasteiger partial charge in [0.25, 0.3) is 5.91 Å². The predicted octanol–water partition coefficient (Wildman–Crippen LogP) is 3.50. The van der Waals surface area contributed by atoms with E-state index in [1.165, 1.54) is 0 Å². The lowest BCUT2D eigenvalue weighted by molar-refractivity contribution is -0.193. The molecule has 4 heterocycles. The zero-order valence-corrected chi connectivity index (χ0v) is 20.2. The van der Waals surface area contributed by atoms with Gasteiger partial charge in [0.1, 0.15) is 6.10 Å². The van der Waals surface area contributed by atoms with Crippen molar-refractivity contribution in [2.45, 2.75) is 43.8 Å². The average molecular weight is 567 g/mol. The van der Waals surface area contributed by atoms with Gasteiger partial charge in [-0.25, -0.2) is 14.6 Å². The highest BCUT2D eigenvalue weighted by atomic mass is 19.4. The molecule has 4 rings (SSSR count). The Morgan fingerprint density at radius 3 is 2.21 bits per heavy atom. The third kappa shape index (κ3) is 9.70. The number of carboxylic acid groups (broad SMARTS) is 2. The number of aliphatic carboxylic acids is 2. The van der Waals surface area contributed by atoms with Crippen molar-refractivity contribution in [3.63, 3.8) is 0 Å². The zero-order chi connectivity index (χ0) is 29.4. The van der Waals surface area contributed by atoms with Crippen molar-refractivity contribution in [3.8, 4) is 5.88 Å². The summed E-state index contributed by atoms with van der Waals surface area (Å²) in [5.41, 5.74) is 1.32. The van der Waals surface area contributed by atoms with E-state index >= 15 is 0 Å². The first-order valence-electron chi connectivity index (χ1n) is 11.1. The molecule has 2 aliphatic heterocycles. The van der Waals surface area contributed by atoms with Gasteiger partial charge in [-0.1, -0.05) is 6.07 Å². The Kier molecular flexibility index (Phi) is 10.2. The number of ether oxygens (including phenoxy) is 2. The van der Waals surface area contributed by atoms with Crippen LogP contribution in [-0.4, -0.2) is 86.7 Å². The van der Waals surface area contributed by atoms with Crippen molar-refractivity contribution >= 4 is 17.8 Å². The molecule has 1 amide bonds. The van der Waals surface area contributed by atoms with Crippen LogP contribution in [0.2, 0.25) is 0 Å². The van der Waals surface area contributed by atoms with Crippen molar-refractivity contribution in [2.75, 3.05) is 19.7 Å². The number of likely N-dealkylation sites (tertiary alicyclic amines) is 1. The largest absolute Gasteiger partial charge is 0.490 e. The third-order valence-electron chi connectivity index (χ3n) is 5.31. The smallest absolute Gasteiger partial charge is 0.475 e. The topological polar surface area (TPSA) is 139 Å². The maximum Gasteiger partial charge on any atom is 0.490 e. The molecule has 0 saturated carbocycles. The highest BCUT2D eigenvalue weighted by Crippen LogP contribution is 2.37. The van der Waals surface area contributed by atoms with Crippen LogP contribution in [0.25, 0.3) is 0 Å². The molecular formula is C23H23F6N3O7. The summed E-state index contributed by atoms with van der Waals surface area (Å²) in [5.74, 6) is -4.88. The van der Waals surface area contributed by atoms with Crippen molar-refractivity contribution in [1.82, 2.24) is 14.9 Å². The van der Waals surface area contributed by atoms with E-state index in [4.69, 9.17) is 29.3 Å². The number of pyridine rings is 2. The summed E-state index contributed by atoms with van der Waals surface area (Å²) in [4.78, 5) is 40.7. The molecular weight excluding hydrogens is 544 g/mol. The number of rotatable bonds is 3. The number of amides is 1. The van der Waals surface area contributed by atoms with Gasteiger partial charge < -0.3 is 24.6 Å². The molecule has 0 bridgehead atoms. The molecule has 2 fully saturated rings. The summed E-state index contributed by atoms with van der Waals surface area (Å²) < 4.78 is 75.4. The highest BCUT2D eigenvalue weighted by Gasteiger charge is 2.47. The predicted molar refractivity (Wildman–Crippen MR) is 119 cm³/mol. The fourth-order valence-electron chi connectivity index (χ4n) is 3.62. The van der Waals surface area contributed by atoms with Gasteiger partial charge in [0.05, 0.1) is 24.3 Å². The van der Waals surface area contributed by atoms with E-state index in [1.807, 2.05) is 36.1 Å². The molecule has 2 saturated heterocycles. The van der Waals surface area contributed by atoms with E-state index in [-0.39, 0.29) is 17.6 Å². The van der Waals surface area contributed by atoms with Crippen LogP contribution in [-0.2, 0) is 14.3 Å². The fraction of sp³-hybridized carbons (Fsp3) is 0.435. The second-order valence-electron chi connectivity index (χ2n) is 8.44. The molecule has 0 aromatic carbocycles. The lowest BCUT2D eigenvalue weighted by Gasteiger charge is -2.23. The molecule has 39 heavy (non-hydrogen) atoms. The minimum absolute atomic E-state index is 0.0192. The quantitative estimate of drug-likeness (QED) is 0.534. The molecule has 2 atom stereocenters. The lowest BCUT2D eigenvalue weighted by atomic mass is 9.98. The summed E-state index contributed by atoms with van der Waals surface area (Å²) in [6.07, 6.45) is -3.48. The molecule has 0 unspecified atom stereocenters. The molecule has 0 radical (unpaired) electrons. The van der Waals surface area contributed by atoms with Crippen LogP contribution in [0.4, 0.5) is 26.3 Å². The van der Waals surface area contributed by atoms with Crippen molar-refractivity contribution < 1.29 is 60.4 Å². The van der Waals surface area contributed by atoms with Gasteiger partial charge in [-0.3, -0.25) is 9.78 Å². The molecule has 2 N–H and O–H groups in total. The fourth-order valence-corrected chi connectivity index (χ4v) is 3.62. The maximum absolute atomic E-state index is 12.7. The molecule has 1 spiro atoms. The van der Waals surface area contributed by atoms with Gasteiger partial charge in [0, 0.05) is 37.6 Å². The van der Waals surface area contributed by atoms with E-state index < -0.39 is 24.3 Å². The summed E-state index contributed by atoms with van der Waals surface area (Å²) >= 11 is 0. The molecule has 214 valence electrons. The van der Waals surface area contributed by atoms with Crippen LogP contribution in [0.15, 0.2) is 42.9 Å². The SMILES string of the molecule is Cc1cncc(C(=O)N2CC[C@]3(C[C@H](Oc4ccccn4)CO3)C2)c1.O=C(O)C(F)(F)F.O=C(O)C(F)(F)F. The Hall–Kier alpha value is -3.95. The third-order valence-corrected chi connectivity index (χ3v) is 5.31. The van der Waals surface area contributed by atoms with Crippen LogP contribution in [0.5, 0.6) is 5.88 Å². The maximum atomic E-state index is 12.7. The van der Waals surface area contributed by atoms with Crippen LogP contribution >= 0.6 is 0 Å². The summed E-state index contributed by atoms with van der Waals surface area (Å²) in [6, 6.07) is 7.49. The van der Waals surface area contributed by atoms with Gasteiger partial charge in [0.2, 0.25) is 5.88 Å². The number of alkyl halides is 6. The first kappa shape index (κ1) is 31.3. The molecule has 2 aliphatic rings. The lowest BCUT2D eigenvalue weighted by Crippen LogP contribution is -2.36. The summed E-state index contributed by atoms with van der Waals surface area (Å²) in [6.45, 7) is 3.77. The number of halogens is 6. The first-order valence-corrected chi connectivity index (χ1v) is 11.1. The number of carbonyl (C=O) groups is 3. The first-order chi connectivity index (χ1) is 18.0. The van der Waals surface area contributed by atoms with E-state index in [2.05, 4.69) is 9.97 Å². The second kappa shape index (κ2) is 12.7. The Balaban J connectivity index is 0.000000317. The van der Waals surface area contributed by atoms with Crippen molar-refractivity contribution in [2.24, 2.45) is 0 Å². The monoisotopic (exact) mass is 567 g/mol. The van der Waals surface area contributed by atoms with Crippen molar-refractivity contribution in [1.29, 1.82) is 0 Å². The Morgan fingerprint density at radius 1 is 1.08 bits per heavy atom. The number of carbonyl (C=O) groups excluding carboxylic acids is 1. The average Bonchev–Trinajstić information content (AvgIpc) is 3.45. The standard InChI is InChI=1S/C19H21N3O3.2C2HF3O2/c1-14-8-15(11-20-10-14)18(23)22-7-5-19(13-22)9-16(12-24-19)25-17-4-2-3-6-21-17;2*3-2(4,5)1(6)7/h2-4,6,8,10-11,16H,5,7,9,12-13H2,1H3;2*(H,6,7)/t16-,19-;;/m0../s1. The number of aromatic nitrogens is 2. The highest BCUT2D eigenvalue weighted by molar-refractivity contribution is 5.94. The number of aryl methyl sites for hydroxylation is 1. The van der Waals surface area contributed by atoms with E-state index in [0.29, 0.717) is 31.1 Å². The van der Waals surface area contributed by atoms with Crippen LogP contribution < -0.4 is 4.74 Å². The van der Waals surface area contributed by atoms with Crippen molar-refractivity contribution in [3.05, 3.63) is 54.0 Å². The van der Waals surface area contributed by atoms with Crippen LogP contribution in [0.3, 0.4) is 0 Å². The van der Waals surface area contributed by atoms with E-state index in [9.17, 15) is 31.1 Å². The van der Waals surface area contributed by atoms with Crippen LogP contribution in [0.1, 0.15) is 28.8 Å². The van der Waals surface area contributed by atoms with Gasteiger partial charge >= 0.3 is 24.3 Å². The van der Waals surface area contributed by atoms with Gasteiger partial charge in [-0.15, -0.1) is 0 Å². The Morgan fingerprint density at radius 2 is 1.69 bits per heavy atom. The van der Waals surface area contributed by atoms with Crippen LogP contribution in [0, 0.1) is 6.92 Å². The number of hydrogen-bond donors (Lipinski definition) is 2. The molecule has 10 nitrogen and oxygen atoms in total. The minimum Gasteiger partial charge on any atom is -0.475 e. The zero-order valence-electron chi connectivity index (χ0n) is 20.2. The van der Waals surface area contributed by atoms with Gasteiger partial charge in [-0.2, -0.15) is 26.3 Å². The Labute approximate surface area is 217 Å². The number of carboxylic acids is 2. The number of nitrogens with zero attached hydrogens (tertiary/aromatic N) is 3. The van der Waals surface area contributed by atoms with E-state index in [1.54, 1.807) is 18.6 Å². The normalized spacial score (nSPS) is 20.4. The molecule has 2 aromatic rings. The van der Waals surface area contributed by atoms with E-state index in [0.717, 1.165) is 18.4 Å². The number of hydrogen-bond acceptors (Lipinski definition) is 7. The summed E-state index contributed by atoms with van der Waals surface area (Å²) in [5, 5.41) is 14.2. The minimum atomic E-state index is -5.08. The van der Waals surface area contributed by atoms with Gasteiger partial charge in [-0.05, 0) is 31.0 Å². The molecule has 2 aromatic heterocycles. The van der Waals surface area contributed by atoms with Gasteiger partial charge in [0.15, 0.2) is 0 Å². The Bertz CT molecular complexity index is 1120. The summed E-state index contributed by atoms with van der Waals surface area (Å²) in [7, 11) is 0.